The van der Waals surface area contributed by atoms with E-state index in [4.69, 9.17) is 0 Å². The maximum absolute atomic E-state index is 3.77. The van der Waals surface area contributed by atoms with Gasteiger partial charge in [-0.15, -0.1) is 11.3 Å². The number of rotatable bonds is 5. The van der Waals surface area contributed by atoms with Crippen molar-refractivity contribution in [3.8, 4) is 0 Å². The molecule has 2 nitrogen and oxygen atoms in total. The summed E-state index contributed by atoms with van der Waals surface area (Å²) in [5.41, 5.74) is 1.56. The fourth-order valence-corrected chi connectivity index (χ4v) is 5.14. The average molecular weight is 343 g/mol. The van der Waals surface area contributed by atoms with Crippen molar-refractivity contribution in [1.82, 2.24) is 10.2 Å². The van der Waals surface area contributed by atoms with Crippen LogP contribution in [0.1, 0.15) is 48.6 Å². The Morgan fingerprint density at radius 2 is 2.16 bits per heavy atom. The van der Waals surface area contributed by atoms with E-state index < -0.39 is 0 Å². The summed E-state index contributed by atoms with van der Waals surface area (Å²) in [4.78, 5) is 4.20. The first kappa shape index (κ1) is 14.1. The van der Waals surface area contributed by atoms with Crippen LogP contribution in [0.4, 0.5) is 0 Å². The van der Waals surface area contributed by atoms with Crippen molar-refractivity contribution >= 4 is 27.3 Å². The van der Waals surface area contributed by atoms with Gasteiger partial charge in [0.05, 0.1) is 3.79 Å². The highest BCUT2D eigenvalue weighted by Gasteiger charge is 2.22. The van der Waals surface area contributed by atoms with E-state index in [1.807, 2.05) is 11.3 Å². The molecule has 1 saturated heterocycles. The second kappa shape index (κ2) is 6.70. The third kappa shape index (κ3) is 3.60. The van der Waals surface area contributed by atoms with Gasteiger partial charge in [0.2, 0.25) is 0 Å². The SMILES string of the molecule is Brc1cc2c(s1)CCCC2NCCCN1CCCC1. The molecule has 1 aliphatic carbocycles. The largest absolute Gasteiger partial charge is 0.310 e. The molecule has 0 saturated carbocycles. The highest BCUT2D eigenvalue weighted by molar-refractivity contribution is 9.11. The predicted molar refractivity (Wildman–Crippen MR) is 86.0 cm³/mol. The Labute approximate surface area is 128 Å². The van der Waals surface area contributed by atoms with Crippen LogP contribution >= 0.6 is 27.3 Å². The molecule has 0 aromatic carbocycles. The quantitative estimate of drug-likeness (QED) is 0.814. The number of nitrogens with zero attached hydrogens (tertiary/aromatic N) is 1. The summed E-state index contributed by atoms with van der Waals surface area (Å²) in [5.74, 6) is 0. The predicted octanol–water partition coefficient (Wildman–Crippen LogP) is 3.96. The molecule has 1 fully saturated rings. The minimum atomic E-state index is 0.602. The molecule has 0 radical (unpaired) electrons. The average Bonchev–Trinajstić information content (AvgIpc) is 3.02. The minimum absolute atomic E-state index is 0.602. The molecule has 106 valence electrons. The second-order valence-corrected chi connectivity index (χ2v) is 8.25. The summed E-state index contributed by atoms with van der Waals surface area (Å²) in [5, 5.41) is 3.77. The van der Waals surface area contributed by atoms with Crippen LogP contribution < -0.4 is 5.32 Å². The van der Waals surface area contributed by atoms with Gasteiger partial charge >= 0.3 is 0 Å². The Morgan fingerprint density at radius 3 is 3.00 bits per heavy atom. The van der Waals surface area contributed by atoms with Crippen LogP contribution in [0, 0.1) is 0 Å². The van der Waals surface area contributed by atoms with Crippen molar-refractivity contribution in [2.75, 3.05) is 26.2 Å². The highest BCUT2D eigenvalue weighted by Crippen LogP contribution is 2.37. The second-order valence-electron chi connectivity index (χ2n) is 5.73. The molecule has 2 heterocycles. The Hall–Kier alpha value is 0.1000. The summed E-state index contributed by atoms with van der Waals surface area (Å²) in [6.45, 7) is 5.09. The smallest absolute Gasteiger partial charge is 0.0704 e. The maximum atomic E-state index is 3.77. The van der Waals surface area contributed by atoms with E-state index in [0.717, 1.165) is 6.54 Å². The zero-order valence-corrected chi connectivity index (χ0v) is 13.9. The van der Waals surface area contributed by atoms with Crippen LogP contribution in [0.25, 0.3) is 0 Å². The standard InChI is InChI=1S/C15H23BrN2S/c16-15-11-12-13(5-3-6-14(12)19-15)17-7-4-10-18-8-1-2-9-18/h11,13,17H,1-10H2. The van der Waals surface area contributed by atoms with Crippen molar-refractivity contribution in [2.24, 2.45) is 0 Å². The van der Waals surface area contributed by atoms with E-state index in [0.29, 0.717) is 6.04 Å². The van der Waals surface area contributed by atoms with Crippen molar-refractivity contribution < 1.29 is 0 Å². The maximum Gasteiger partial charge on any atom is 0.0704 e. The van der Waals surface area contributed by atoms with E-state index in [2.05, 4.69) is 32.2 Å². The van der Waals surface area contributed by atoms with Crippen LogP contribution in [0.2, 0.25) is 0 Å². The van der Waals surface area contributed by atoms with E-state index in [1.54, 1.807) is 10.4 Å². The Balaban J connectivity index is 1.45. The van der Waals surface area contributed by atoms with Gasteiger partial charge in [-0.2, -0.15) is 0 Å². The van der Waals surface area contributed by atoms with E-state index in [1.165, 1.54) is 61.9 Å². The van der Waals surface area contributed by atoms with Gasteiger partial charge in [0.15, 0.2) is 0 Å². The molecule has 3 rings (SSSR count). The molecule has 1 unspecified atom stereocenters. The molecular formula is C15H23BrN2S. The molecule has 1 aromatic heterocycles. The van der Waals surface area contributed by atoms with Gasteiger partial charge in [-0.3, -0.25) is 0 Å². The number of hydrogen-bond donors (Lipinski definition) is 1. The first-order valence-corrected chi connectivity index (χ1v) is 9.18. The first-order chi connectivity index (χ1) is 9.33. The molecule has 1 aromatic rings. The van der Waals surface area contributed by atoms with Crippen LogP contribution in [0.3, 0.4) is 0 Å². The summed E-state index contributed by atoms with van der Waals surface area (Å²) >= 11 is 5.55. The number of fused-ring (bicyclic) bond motifs is 1. The lowest BCUT2D eigenvalue weighted by atomic mass is 9.94. The molecule has 19 heavy (non-hydrogen) atoms. The molecule has 0 bridgehead atoms. The van der Waals surface area contributed by atoms with Crippen LogP contribution in [0.15, 0.2) is 9.85 Å². The zero-order valence-electron chi connectivity index (χ0n) is 11.5. The molecule has 0 amide bonds. The van der Waals surface area contributed by atoms with Gasteiger partial charge in [0.25, 0.3) is 0 Å². The summed E-state index contributed by atoms with van der Waals surface area (Å²) in [7, 11) is 0. The monoisotopic (exact) mass is 342 g/mol. The Morgan fingerprint density at radius 1 is 1.32 bits per heavy atom. The molecule has 1 aliphatic heterocycles. The summed E-state index contributed by atoms with van der Waals surface area (Å²) in [6, 6.07) is 2.93. The minimum Gasteiger partial charge on any atom is -0.310 e. The first-order valence-electron chi connectivity index (χ1n) is 7.57. The molecule has 2 aliphatic rings. The molecule has 1 N–H and O–H groups in total. The van der Waals surface area contributed by atoms with Gasteiger partial charge < -0.3 is 10.2 Å². The van der Waals surface area contributed by atoms with Crippen molar-refractivity contribution in [1.29, 1.82) is 0 Å². The van der Waals surface area contributed by atoms with E-state index in [-0.39, 0.29) is 0 Å². The Kier molecular flexibility index (Phi) is 4.96. The van der Waals surface area contributed by atoms with Gasteiger partial charge in [0, 0.05) is 10.9 Å². The molecule has 1 atom stereocenters. The van der Waals surface area contributed by atoms with Gasteiger partial charge in [-0.05, 0) is 92.3 Å². The van der Waals surface area contributed by atoms with Crippen LogP contribution in [0.5, 0.6) is 0 Å². The number of aryl methyl sites for hydroxylation is 1. The Bertz CT molecular complexity index is 412. The lowest BCUT2D eigenvalue weighted by Gasteiger charge is -2.24. The molecular weight excluding hydrogens is 320 g/mol. The lowest BCUT2D eigenvalue weighted by molar-refractivity contribution is 0.325. The van der Waals surface area contributed by atoms with E-state index in [9.17, 15) is 0 Å². The molecule has 0 spiro atoms. The third-order valence-electron chi connectivity index (χ3n) is 4.32. The number of thiophene rings is 1. The summed E-state index contributed by atoms with van der Waals surface area (Å²) < 4.78 is 1.29. The topological polar surface area (TPSA) is 15.3 Å². The van der Waals surface area contributed by atoms with Gasteiger partial charge in [0.1, 0.15) is 0 Å². The molecule has 4 heteroatoms. The van der Waals surface area contributed by atoms with Crippen molar-refractivity contribution in [3.63, 3.8) is 0 Å². The van der Waals surface area contributed by atoms with Gasteiger partial charge in [-0.25, -0.2) is 0 Å². The van der Waals surface area contributed by atoms with Gasteiger partial charge in [-0.1, -0.05) is 0 Å². The number of likely N-dealkylation sites (tertiary alicyclic amines) is 1. The third-order valence-corrected chi connectivity index (χ3v) is 6.04. The van der Waals surface area contributed by atoms with Crippen molar-refractivity contribution in [2.45, 2.75) is 44.6 Å². The van der Waals surface area contributed by atoms with Crippen LogP contribution in [-0.4, -0.2) is 31.1 Å². The fraction of sp³-hybridized carbons (Fsp3) is 0.733. The normalized spacial score (nSPS) is 23.7. The number of halogens is 1. The number of nitrogens with one attached hydrogen (secondary N) is 1. The zero-order chi connectivity index (χ0) is 13.1. The van der Waals surface area contributed by atoms with E-state index >= 15 is 0 Å². The summed E-state index contributed by atoms with van der Waals surface area (Å²) in [6.07, 6.45) is 8.02. The lowest BCUT2D eigenvalue weighted by Crippen LogP contribution is -2.28. The van der Waals surface area contributed by atoms with Crippen molar-refractivity contribution in [3.05, 3.63) is 20.3 Å². The number of hydrogen-bond acceptors (Lipinski definition) is 3. The fourth-order valence-electron chi connectivity index (χ4n) is 3.32. The van der Waals surface area contributed by atoms with Crippen LogP contribution in [-0.2, 0) is 6.42 Å². The highest BCUT2D eigenvalue weighted by atomic mass is 79.9.